The Morgan fingerprint density at radius 3 is 2.40 bits per heavy atom. The zero-order valence-electron chi connectivity index (χ0n) is 15.3. The van der Waals surface area contributed by atoms with Gasteiger partial charge in [-0.25, -0.2) is 0 Å². The molecule has 3 aliphatic rings. The summed E-state index contributed by atoms with van der Waals surface area (Å²) in [6.45, 7) is 3.54. The molecule has 0 radical (unpaired) electrons. The average molecular weight is 333 g/mol. The molecule has 3 nitrogen and oxygen atoms in total. The predicted molar refractivity (Wildman–Crippen MR) is 105 cm³/mol. The summed E-state index contributed by atoms with van der Waals surface area (Å²) < 4.78 is 0. The van der Waals surface area contributed by atoms with Gasteiger partial charge in [0.2, 0.25) is 0 Å². The van der Waals surface area contributed by atoms with Crippen molar-refractivity contribution < 1.29 is 0 Å². The fourth-order valence-corrected chi connectivity index (χ4v) is 5.23. The van der Waals surface area contributed by atoms with Crippen LogP contribution in [-0.4, -0.2) is 38.6 Å². The SMILES string of the molecule is CN1CCC(C2c3cccc4c3N(CC4)c3ccccc3N2C)CC1. The number of hydrogen-bond donors (Lipinski definition) is 0. The van der Waals surface area contributed by atoms with Crippen LogP contribution >= 0.6 is 0 Å². The van der Waals surface area contributed by atoms with Gasteiger partial charge >= 0.3 is 0 Å². The lowest BCUT2D eigenvalue weighted by Crippen LogP contribution is -2.38. The highest BCUT2D eigenvalue weighted by Gasteiger charge is 2.38. The first-order valence-electron chi connectivity index (χ1n) is 9.64. The number of rotatable bonds is 1. The van der Waals surface area contributed by atoms with Crippen LogP contribution in [0, 0.1) is 5.92 Å². The molecule has 1 unspecified atom stereocenters. The van der Waals surface area contributed by atoms with E-state index in [1.54, 1.807) is 5.56 Å². The van der Waals surface area contributed by atoms with E-state index in [1.165, 1.54) is 55.0 Å². The predicted octanol–water partition coefficient (Wildman–Crippen LogP) is 4.21. The first-order valence-corrected chi connectivity index (χ1v) is 9.64. The average Bonchev–Trinajstić information content (AvgIpc) is 3.04. The van der Waals surface area contributed by atoms with E-state index in [1.807, 2.05) is 0 Å². The van der Waals surface area contributed by atoms with E-state index in [0.717, 1.165) is 12.5 Å². The summed E-state index contributed by atoms with van der Waals surface area (Å²) in [6.07, 6.45) is 3.75. The van der Waals surface area contributed by atoms with Crippen molar-refractivity contribution in [1.29, 1.82) is 0 Å². The molecule has 2 aromatic rings. The summed E-state index contributed by atoms with van der Waals surface area (Å²) in [5.41, 5.74) is 7.34. The number of piperidine rings is 1. The van der Waals surface area contributed by atoms with Gasteiger partial charge in [-0.1, -0.05) is 30.3 Å². The van der Waals surface area contributed by atoms with E-state index in [-0.39, 0.29) is 0 Å². The molecule has 3 heterocycles. The first-order chi connectivity index (χ1) is 12.2. The second kappa shape index (κ2) is 5.77. The zero-order valence-corrected chi connectivity index (χ0v) is 15.3. The maximum atomic E-state index is 2.57. The van der Waals surface area contributed by atoms with Crippen LogP contribution in [-0.2, 0) is 6.42 Å². The number of benzene rings is 2. The third-order valence-corrected chi connectivity index (χ3v) is 6.52. The van der Waals surface area contributed by atoms with Crippen molar-refractivity contribution in [3.05, 3.63) is 53.6 Å². The molecule has 1 fully saturated rings. The highest BCUT2D eigenvalue weighted by Crippen LogP contribution is 2.51. The van der Waals surface area contributed by atoms with E-state index < -0.39 is 0 Å². The van der Waals surface area contributed by atoms with Crippen LogP contribution in [0.25, 0.3) is 0 Å². The number of likely N-dealkylation sites (tertiary alicyclic amines) is 1. The van der Waals surface area contributed by atoms with Crippen LogP contribution in [0.3, 0.4) is 0 Å². The monoisotopic (exact) mass is 333 g/mol. The molecule has 0 aliphatic carbocycles. The lowest BCUT2D eigenvalue weighted by Gasteiger charge is -2.40. The summed E-state index contributed by atoms with van der Waals surface area (Å²) in [5.74, 6) is 0.723. The van der Waals surface area contributed by atoms with Crippen LogP contribution < -0.4 is 9.80 Å². The molecular formula is C22H27N3. The van der Waals surface area contributed by atoms with Crippen molar-refractivity contribution in [2.75, 3.05) is 43.5 Å². The molecule has 0 N–H and O–H groups in total. The second-order valence-corrected chi connectivity index (χ2v) is 7.94. The van der Waals surface area contributed by atoms with Crippen molar-refractivity contribution in [2.45, 2.75) is 25.3 Å². The van der Waals surface area contributed by atoms with Crippen LogP contribution in [0.2, 0.25) is 0 Å². The molecule has 1 atom stereocenters. The Bertz CT molecular complexity index is 792. The third kappa shape index (κ3) is 2.29. The normalized spacial score (nSPS) is 23.4. The number of para-hydroxylation sites is 3. The fourth-order valence-electron chi connectivity index (χ4n) is 5.23. The highest BCUT2D eigenvalue weighted by atomic mass is 15.2. The van der Waals surface area contributed by atoms with Crippen molar-refractivity contribution in [1.82, 2.24) is 4.90 Å². The summed E-state index contributed by atoms with van der Waals surface area (Å²) in [5, 5.41) is 0. The molecule has 0 bridgehead atoms. The van der Waals surface area contributed by atoms with Gasteiger partial charge in [-0.2, -0.15) is 0 Å². The molecule has 2 aromatic carbocycles. The minimum Gasteiger partial charge on any atom is -0.366 e. The van der Waals surface area contributed by atoms with E-state index >= 15 is 0 Å². The number of anilines is 3. The van der Waals surface area contributed by atoms with Gasteiger partial charge in [0.15, 0.2) is 0 Å². The number of hydrogen-bond acceptors (Lipinski definition) is 3. The molecule has 0 amide bonds. The van der Waals surface area contributed by atoms with Gasteiger partial charge in [-0.3, -0.25) is 0 Å². The van der Waals surface area contributed by atoms with Crippen molar-refractivity contribution in [3.8, 4) is 0 Å². The number of nitrogens with zero attached hydrogens (tertiary/aromatic N) is 3. The van der Waals surface area contributed by atoms with Gasteiger partial charge in [-0.15, -0.1) is 0 Å². The van der Waals surface area contributed by atoms with Crippen LogP contribution in [0.4, 0.5) is 17.1 Å². The maximum Gasteiger partial charge on any atom is 0.0648 e. The van der Waals surface area contributed by atoms with Gasteiger partial charge in [0.25, 0.3) is 0 Å². The summed E-state index contributed by atoms with van der Waals surface area (Å²) in [7, 11) is 4.56. The summed E-state index contributed by atoms with van der Waals surface area (Å²) >= 11 is 0. The van der Waals surface area contributed by atoms with Gasteiger partial charge in [0.05, 0.1) is 17.4 Å². The van der Waals surface area contributed by atoms with E-state index in [2.05, 4.69) is 71.3 Å². The number of fused-ring (bicyclic) bond motifs is 2. The van der Waals surface area contributed by atoms with E-state index in [4.69, 9.17) is 0 Å². The second-order valence-electron chi connectivity index (χ2n) is 7.94. The Hall–Kier alpha value is -2.00. The molecular weight excluding hydrogens is 306 g/mol. The smallest absolute Gasteiger partial charge is 0.0648 e. The Morgan fingerprint density at radius 2 is 1.60 bits per heavy atom. The molecule has 130 valence electrons. The molecule has 0 spiro atoms. The third-order valence-electron chi connectivity index (χ3n) is 6.52. The molecule has 0 aromatic heterocycles. The lowest BCUT2D eigenvalue weighted by molar-refractivity contribution is 0.197. The van der Waals surface area contributed by atoms with Crippen molar-refractivity contribution in [2.24, 2.45) is 5.92 Å². The molecule has 1 saturated heterocycles. The van der Waals surface area contributed by atoms with Crippen LogP contribution in [0.1, 0.15) is 30.0 Å². The van der Waals surface area contributed by atoms with E-state index in [0.29, 0.717) is 6.04 Å². The van der Waals surface area contributed by atoms with Gasteiger partial charge < -0.3 is 14.7 Å². The maximum absolute atomic E-state index is 2.57. The zero-order chi connectivity index (χ0) is 17.0. The summed E-state index contributed by atoms with van der Waals surface area (Å²) in [4.78, 5) is 7.62. The van der Waals surface area contributed by atoms with Crippen LogP contribution in [0.5, 0.6) is 0 Å². The molecule has 3 heteroatoms. The minimum atomic E-state index is 0.480. The largest absolute Gasteiger partial charge is 0.366 e. The van der Waals surface area contributed by atoms with Gasteiger partial charge in [0.1, 0.15) is 0 Å². The quantitative estimate of drug-likeness (QED) is 0.774. The molecule has 3 aliphatic heterocycles. The Morgan fingerprint density at radius 1 is 0.840 bits per heavy atom. The Kier molecular flexibility index (Phi) is 3.53. The molecule has 25 heavy (non-hydrogen) atoms. The van der Waals surface area contributed by atoms with E-state index in [9.17, 15) is 0 Å². The molecule has 0 saturated carbocycles. The van der Waals surface area contributed by atoms with Crippen molar-refractivity contribution >= 4 is 17.1 Å². The Labute approximate surface area is 150 Å². The summed E-state index contributed by atoms with van der Waals surface area (Å²) in [6, 6.07) is 16.5. The topological polar surface area (TPSA) is 9.72 Å². The van der Waals surface area contributed by atoms with Crippen molar-refractivity contribution in [3.63, 3.8) is 0 Å². The van der Waals surface area contributed by atoms with Gasteiger partial charge in [0, 0.05) is 19.3 Å². The van der Waals surface area contributed by atoms with Gasteiger partial charge in [-0.05, 0) is 68.6 Å². The lowest BCUT2D eigenvalue weighted by atomic mass is 9.83. The fraction of sp³-hybridized carbons (Fsp3) is 0.455. The minimum absolute atomic E-state index is 0.480. The first kappa shape index (κ1) is 15.3. The Balaban J connectivity index is 1.68. The van der Waals surface area contributed by atoms with Crippen LogP contribution in [0.15, 0.2) is 42.5 Å². The standard InChI is InChI=1S/C22H27N3/c1-23-13-10-17(11-14-23)21-18-7-5-6-16-12-15-25(22(16)18)20-9-4-3-8-19(20)24(21)2/h3-9,17,21H,10-15H2,1-2H3. The highest BCUT2D eigenvalue weighted by molar-refractivity contribution is 5.84. The molecule has 5 rings (SSSR count).